The molecule has 0 aliphatic heterocycles. The molecule has 0 aromatic rings. The summed E-state index contributed by atoms with van der Waals surface area (Å²) in [5.41, 5.74) is 3.77. The Morgan fingerprint density at radius 3 is 1.52 bits per heavy atom. The zero-order valence-electron chi connectivity index (χ0n) is 19.5. The second-order valence-electron chi connectivity index (χ2n) is 12.2. The van der Waals surface area contributed by atoms with Crippen molar-refractivity contribution in [3.8, 4) is 0 Å². The molecule has 2 saturated carbocycles. The Morgan fingerprint density at radius 2 is 1.17 bits per heavy atom. The van der Waals surface area contributed by atoms with Crippen molar-refractivity contribution in [2.24, 2.45) is 35.5 Å². The van der Waals surface area contributed by atoms with Crippen LogP contribution in [0.2, 0.25) is 16.7 Å². The molecule has 4 aliphatic carbocycles. The minimum Gasteiger partial charge on any atom is -0.147 e. The van der Waals surface area contributed by atoms with Crippen LogP contribution in [-0.4, -0.2) is 6.94 Å². The van der Waals surface area contributed by atoms with Gasteiger partial charge < -0.3 is 0 Å². The maximum Gasteiger partial charge on any atom is -0.147 e. The molecule has 0 saturated heterocycles. The van der Waals surface area contributed by atoms with Crippen LogP contribution in [0.1, 0.15) is 53.4 Å². The third-order valence-electron chi connectivity index (χ3n) is 9.08. The average molecular weight is 598 g/mol. The van der Waals surface area contributed by atoms with E-state index in [1.165, 1.54) is 25.7 Å². The summed E-state index contributed by atoms with van der Waals surface area (Å²) in [4.78, 5) is 0. The summed E-state index contributed by atoms with van der Waals surface area (Å²) in [6.07, 6.45) is 20.3. The minimum atomic E-state index is -3.26. The number of hydrogen-bond donors (Lipinski definition) is 0. The molecule has 0 amide bonds. The Balaban J connectivity index is 0.00000240. The van der Waals surface area contributed by atoms with Crippen LogP contribution in [-0.2, 0) is 17.1 Å². The number of hydrogen-bond acceptors (Lipinski definition) is 0. The molecule has 2 fully saturated rings. The normalized spacial score (nSPS) is 36.6. The van der Waals surface area contributed by atoms with Crippen molar-refractivity contribution in [1.82, 2.24) is 0 Å². The topological polar surface area (TPSA) is 0 Å². The molecular weight excluding hydrogens is 554 g/mol. The molecule has 0 aromatic heterocycles. The van der Waals surface area contributed by atoms with E-state index in [-0.39, 0.29) is 12.4 Å². The van der Waals surface area contributed by atoms with Crippen molar-refractivity contribution in [1.29, 1.82) is 0 Å². The van der Waals surface area contributed by atoms with E-state index in [1.807, 2.05) is 11.1 Å². The van der Waals surface area contributed by atoms with Gasteiger partial charge in [0.25, 0.3) is 0 Å². The summed E-state index contributed by atoms with van der Waals surface area (Å²) in [6, 6.07) is 0. The van der Waals surface area contributed by atoms with Crippen molar-refractivity contribution < 1.29 is 17.1 Å². The van der Waals surface area contributed by atoms with Crippen molar-refractivity contribution in [2.45, 2.75) is 70.1 Å². The fourth-order valence-electron chi connectivity index (χ4n) is 8.00. The third-order valence-corrected chi connectivity index (χ3v) is 36.4. The Morgan fingerprint density at radius 1 is 0.793 bits per heavy atom. The molecule has 6 atom stereocenters. The third kappa shape index (κ3) is 3.97. The molecule has 6 unspecified atom stereocenters. The first-order valence-corrected chi connectivity index (χ1v) is 31.6. The zero-order valence-corrected chi connectivity index (χ0v) is 25.4. The molecule has 0 heterocycles. The summed E-state index contributed by atoms with van der Waals surface area (Å²) < 4.78 is 7.61. The molecule has 0 radical (unpaired) electrons. The van der Waals surface area contributed by atoms with Gasteiger partial charge in [-0.05, 0) is 0 Å². The first-order chi connectivity index (χ1) is 13.1. The van der Waals surface area contributed by atoms with Crippen LogP contribution in [0, 0.1) is 35.5 Å². The van der Waals surface area contributed by atoms with Gasteiger partial charge in [0.05, 0.1) is 0 Å². The molecule has 4 rings (SSSR count). The second kappa shape index (κ2) is 8.36. The number of allylic oxidation sites excluding steroid dienone is 8. The van der Waals surface area contributed by atoms with Gasteiger partial charge in [-0.3, -0.25) is 0 Å². The predicted molar refractivity (Wildman–Crippen MR) is 132 cm³/mol. The number of halogens is 1. The van der Waals surface area contributed by atoms with Gasteiger partial charge in [0.15, 0.2) is 0 Å². The summed E-state index contributed by atoms with van der Waals surface area (Å²) in [5, 5.41) is 0. The van der Waals surface area contributed by atoms with Gasteiger partial charge in [-0.1, -0.05) is 0 Å². The first-order valence-electron chi connectivity index (χ1n) is 11.9. The largest absolute Gasteiger partial charge is 0.147 e. The van der Waals surface area contributed by atoms with Crippen LogP contribution < -0.4 is 0 Å². The van der Waals surface area contributed by atoms with E-state index >= 15 is 0 Å². The van der Waals surface area contributed by atoms with Gasteiger partial charge in [0, 0.05) is 0 Å². The van der Waals surface area contributed by atoms with Gasteiger partial charge in [0.2, 0.25) is 0 Å². The number of rotatable bonds is 4. The van der Waals surface area contributed by atoms with Crippen LogP contribution in [0.25, 0.3) is 0 Å². The molecule has 162 valence electrons. The SMILES string of the molecule is CC(C)C1CC2CC=CC=C2[CH]1[Hf]([CH3])([CH3])(=[SiH2])[CH]1C2=CC=CCC2CC1C(C)C.Cl. The van der Waals surface area contributed by atoms with Crippen LogP contribution in [0.3, 0.4) is 0 Å². The van der Waals surface area contributed by atoms with Crippen molar-refractivity contribution in [3.05, 3.63) is 47.6 Å². The van der Waals surface area contributed by atoms with Crippen LogP contribution >= 0.6 is 12.4 Å². The van der Waals surface area contributed by atoms with Crippen LogP contribution in [0.5, 0.6) is 0 Å². The smallest absolute Gasteiger partial charge is 0.147 e. The molecule has 0 nitrogen and oxygen atoms in total. The maximum absolute atomic E-state index is 3.26. The van der Waals surface area contributed by atoms with E-state index in [4.69, 9.17) is 0 Å². The van der Waals surface area contributed by atoms with Crippen molar-refractivity contribution in [3.63, 3.8) is 0 Å². The van der Waals surface area contributed by atoms with E-state index in [9.17, 15) is 0 Å². The molecule has 29 heavy (non-hydrogen) atoms. The predicted octanol–water partition coefficient (Wildman–Crippen LogP) is 7.68. The fourth-order valence-corrected chi connectivity index (χ4v) is 42.3. The van der Waals surface area contributed by atoms with Gasteiger partial charge in [-0.15, -0.1) is 12.4 Å². The Kier molecular flexibility index (Phi) is 6.91. The summed E-state index contributed by atoms with van der Waals surface area (Å²) >= 11 is -3.26. The van der Waals surface area contributed by atoms with Gasteiger partial charge in [-0.25, -0.2) is 0 Å². The van der Waals surface area contributed by atoms with E-state index < -0.39 is 17.1 Å². The molecular formula is C26H43ClHfSi. The molecule has 0 spiro atoms. The molecule has 3 heteroatoms. The Hall–Kier alpha value is 0.337. The zero-order chi connectivity index (χ0) is 20.3. The molecule has 4 aliphatic rings. The second-order valence-corrected chi connectivity index (χ2v) is 56.1. The van der Waals surface area contributed by atoms with Crippen LogP contribution in [0.4, 0.5) is 0 Å². The first kappa shape index (κ1) is 24.0. The van der Waals surface area contributed by atoms with Crippen LogP contribution in [0.15, 0.2) is 47.6 Å². The molecule has 0 bridgehead atoms. The van der Waals surface area contributed by atoms with Gasteiger partial charge in [-0.2, -0.15) is 0 Å². The van der Waals surface area contributed by atoms with E-state index in [0.717, 1.165) is 42.9 Å². The standard InChI is InChI=1S/2C12H17.2CH3.ClH.Hf.H2Si/c2*1-9(2)12-7-10-5-3-4-6-11(10)8-12;;;;;/h2*3-5,7,9,11-12H,6,8H2,1-2H3;2*1H3;1H;;1H2. The summed E-state index contributed by atoms with van der Waals surface area (Å²) in [5.74, 6) is 5.13. The molecule has 0 aromatic carbocycles. The quantitative estimate of drug-likeness (QED) is 0.292. The maximum atomic E-state index is 2.89. The Labute approximate surface area is 188 Å². The summed E-state index contributed by atoms with van der Waals surface area (Å²) in [6.45, 7) is 12.6. The minimum absolute atomic E-state index is 0. The average Bonchev–Trinajstić information content (AvgIpc) is 3.21. The van der Waals surface area contributed by atoms with Crippen molar-refractivity contribution in [2.75, 3.05) is 0 Å². The molecule has 0 N–H and O–H groups in total. The van der Waals surface area contributed by atoms with E-state index in [0.29, 0.717) is 0 Å². The monoisotopic (exact) mass is 598 g/mol. The van der Waals surface area contributed by atoms with Crippen molar-refractivity contribution >= 4 is 19.3 Å². The van der Waals surface area contributed by atoms with E-state index in [2.05, 4.69) is 80.5 Å². The summed E-state index contributed by atoms with van der Waals surface area (Å²) in [7, 11) is 0. The number of fused-ring (bicyclic) bond motifs is 2. The van der Waals surface area contributed by atoms with Gasteiger partial charge >= 0.3 is 177 Å². The van der Waals surface area contributed by atoms with Gasteiger partial charge in [0.1, 0.15) is 0 Å². The fraction of sp³-hybridized carbons (Fsp3) is 0.692. The van der Waals surface area contributed by atoms with E-state index in [1.54, 1.807) is 0 Å². The Bertz CT molecular complexity index is 760.